The fourth-order valence-electron chi connectivity index (χ4n) is 1.15. The summed E-state index contributed by atoms with van der Waals surface area (Å²) < 4.78 is 13.0. The van der Waals surface area contributed by atoms with Gasteiger partial charge < -0.3 is 10.3 Å². The Kier molecular flexibility index (Phi) is 1.46. The van der Waals surface area contributed by atoms with Crippen molar-refractivity contribution in [3.8, 4) is 0 Å². The molecule has 2 aromatic rings. The van der Waals surface area contributed by atoms with Crippen LogP contribution in [0.4, 0.5) is 10.2 Å². The van der Waals surface area contributed by atoms with E-state index in [0.717, 1.165) is 11.2 Å². The first kappa shape index (κ1) is 7.09. The number of H-pyrrole nitrogens is 1. The maximum atomic E-state index is 13.0. The number of fused-ring (bicyclic) bond motifs is 1. The smallest absolute Gasteiger partial charge is 0.165 e. The molecule has 3 nitrogen and oxygen atoms in total. The minimum atomic E-state index is -0.325. The summed E-state index contributed by atoms with van der Waals surface area (Å²) in [5.74, 6) is 0.464. The quantitative estimate of drug-likeness (QED) is 0.675. The minimum absolute atomic E-state index is 0.325. The molecule has 0 bridgehead atoms. The van der Waals surface area contributed by atoms with Crippen LogP contribution in [0.1, 0.15) is 0 Å². The van der Waals surface area contributed by atoms with Crippen LogP contribution >= 0.6 is 0 Å². The predicted octanol–water partition coefficient (Wildman–Crippen LogP) is 1.74. The van der Waals surface area contributed by atoms with E-state index < -0.39 is 0 Å². The molecule has 2 rings (SSSR count). The highest BCUT2D eigenvalue weighted by atomic mass is 19.1. The van der Waals surface area contributed by atoms with Gasteiger partial charge in [-0.1, -0.05) is 0 Å². The molecule has 4 heteroatoms. The molecule has 2 aromatic heterocycles. The summed E-state index contributed by atoms with van der Waals surface area (Å²) in [6, 6.07) is 1.81. The SMILES string of the molecule is CNc1cc2cncc(F)c2[nH]1. The van der Waals surface area contributed by atoms with Gasteiger partial charge in [0.05, 0.1) is 11.7 Å². The van der Waals surface area contributed by atoms with Gasteiger partial charge in [-0.25, -0.2) is 4.39 Å². The molecular formula is C8H8FN3. The highest BCUT2D eigenvalue weighted by Gasteiger charge is 2.03. The number of nitrogens with zero attached hydrogens (tertiary/aromatic N) is 1. The zero-order valence-electron chi connectivity index (χ0n) is 6.56. The molecule has 0 aromatic carbocycles. The van der Waals surface area contributed by atoms with E-state index in [9.17, 15) is 4.39 Å². The summed E-state index contributed by atoms with van der Waals surface area (Å²) in [6.45, 7) is 0. The van der Waals surface area contributed by atoms with Crippen molar-refractivity contribution in [2.75, 3.05) is 12.4 Å². The molecule has 0 amide bonds. The van der Waals surface area contributed by atoms with Crippen LogP contribution in [0.5, 0.6) is 0 Å². The van der Waals surface area contributed by atoms with E-state index in [4.69, 9.17) is 0 Å². The molecule has 0 fully saturated rings. The van der Waals surface area contributed by atoms with Crippen LogP contribution in [0, 0.1) is 5.82 Å². The topological polar surface area (TPSA) is 40.7 Å². The summed E-state index contributed by atoms with van der Waals surface area (Å²) in [5, 5.41) is 3.67. The Morgan fingerprint density at radius 2 is 2.33 bits per heavy atom. The van der Waals surface area contributed by atoms with Gasteiger partial charge in [-0.05, 0) is 6.07 Å². The fraction of sp³-hybridized carbons (Fsp3) is 0.125. The van der Waals surface area contributed by atoms with Gasteiger partial charge >= 0.3 is 0 Å². The normalized spacial score (nSPS) is 10.5. The molecule has 2 heterocycles. The van der Waals surface area contributed by atoms with E-state index in [0.29, 0.717) is 5.52 Å². The Morgan fingerprint density at radius 1 is 1.50 bits per heavy atom. The van der Waals surface area contributed by atoms with Crippen molar-refractivity contribution in [3.63, 3.8) is 0 Å². The first-order valence-corrected chi connectivity index (χ1v) is 3.61. The number of hydrogen-bond acceptors (Lipinski definition) is 2. The first-order valence-electron chi connectivity index (χ1n) is 3.61. The minimum Gasteiger partial charge on any atom is -0.375 e. The van der Waals surface area contributed by atoms with Crippen molar-refractivity contribution >= 4 is 16.7 Å². The Balaban J connectivity index is 2.74. The molecule has 62 valence electrons. The van der Waals surface area contributed by atoms with Gasteiger partial charge in [0.1, 0.15) is 5.82 Å². The summed E-state index contributed by atoms with van der Waals surface area (Å²) in [7, 11) is 1.77. The third kappa shape index (κ3) is 0.922. The summed E-state index contributed by atoms with van der Waals surface area (Å²) in [5.41, 5.74) is 0.495. The fourth-order valence-corrected chi connectivity index (χ4v) is 1.15. The monoisotopic (exact) mass is 165 g/mol. The molecule has 0 aliphatic carbocycles. The van der Waals surface area contributed by atoms with Gasteiger partial charge in [-0.2, -0.15) is 0 Å². The second-order valence-electron chi connectivity index (χ2n) is 2.52. The number of pyridine rings is 1. The Morgan fingerprint density at radius 3 is 3.00 bits per heavy atom. The molecule has 0 spiro atoms. The van der Waals surface area contributed by atoms with Crippen LogP contribution in [0.2, 0.25) is 0 Å². The molecule has 12 heavy (non-hydrogen) atoms. The standard InChI is InChI=1S/C8H8FN3/c1-10-7-2-5-3-11-4-6(9)8(5)12-7/h2-4,10,12H,1H3. The molecule has 0 saturated heterocycles. The van der Waals surface area contributed by atoms with Crippen LogP contribution in [0.3, 0.4) is 0 Å². The van der Waals surface area contributed by atoms with Crippen molar-refractivity contribution in [2.45, 2.75) is 0 Å². The molecule has 2 N–H and O–H groups in total. The highest BCUT2D eigenvalue weighted by Crippen LogP contribution is 2.19. The summed E-state index contributed by atoms with van der Waals surface area (Å²) >= 11 is 0. The molecule has 0 aliphatic rings. The van der Waals surface area contributed by atoms with Crippen LogP contribution in [0.15, 0.2) is 18.5 Å². The second-order valence-corrected chi connectivity index (χ2v) is 2.52. The number of aromatic nitrogens is 2. The zero-order chi connectivity index (χ0) is 8.55. The van der Waals surface area contributed by atoms with Crippen LogP contribution < -0.4 is 5.32 Å². The number of halogens is 1. The summed E-state index contributed by atoms with van der Waals surface area (Å²) in [6.07, 6.45) is 2.81. The van der Waals surface area contributed by atoms with Gasteiger partial charge in [0.2, 0.25) is 0 Å². The Bertz CT molecular complexity index is 408. The number of anilines is 1. The molecule has 0 aliphatic heterocycles. The molecule has 0 unspecified atom stereocenters. The van der Waals surface area contributed by atoms with Crippen molar-refractivity contribution in [2.24, 2.45) is 0 Å². The van der Waals surface area contributed by atoms with Gasteiger partial charge in [0.25, 0.3) is 0 Å². The van der Waals surface area contributed by atoms with E-state index >= 15 is 0 Å². The summed E-state index contributed by atoms with van der Waals surface area (Å²) in [4.78, 5) is 6.62. The zero-order valence-corrected chi connectivity index (χ0v) is 6.56. The van der Waals surface area contributed by atoms with Crippen LogP contribution in [0.25, 0.3) is 10.9 Å². The molecular weight excluding hydrogens is 157 g/mol. The predicted molar refractivity (Wildman–Crippen MR) is 45.6 cm³/mol. The van der Waals surface area contributed by atoms with E-state index in [2.05, 4.69) is 15.3 Å². The average molecular weight is 165 g/mol. The maximum absolute atomic E-state index is 13.0. The van der Waals surface area contributed by atoms with Crippen molar-refractivity contribution < 1.29 is 4.39 Å². The molecule has 0 saturated carbocycles. The van der Waals surface area contributed by atoms with E-state index in [1.165, 1.54) is 6.20 Å². The lowest BCUT2D eigenvalue weighted by Gasteiger charge is -1.90. The van der Waals surface area contributed by atoms with E-state index in [1.54, 1.807) is 13.2 Å². The van der Waals surface area contributed by atoms with Crippen LogP contribution in [-0.2, 0) is 0 Å². The number of hydrogen-bond donors (Lipinski definition) is 2. The van der Waals surface area contributed by atoms with Crippen molar-refractivity contribution in [3.05, 3.63) is 24.3 Å². The van der Waals surface area contributed by atoms with E-state index in [-0.39, 0.29) is 5.82 Å². The highest BCUT2D eigenvalue weighted by molar-refractivity contribution is 5.83. The van der Waals surface area contributed by atoms with Gasteiger partial charge in [-0.3, -0.25) is 4.98 Å². The third-order valence-corrected chi connectivity index (χ3v) is 1.76. The molecule has 0 radical (unpaired) electrons. The lowest BCUT2D eigenvalue weighted by Crippen LogP contribution is -1.86. The van der Waals surface area contributed by atoms with Crippen molar-refractivity contribution in [1.29, 1.82) is 0 Å². The molecule has 0 atom stereocenters. The Hall–Kier alpha value is -1.58. The number of aromatic amines is 1. The van der Waals surface area contributed by atoms with Gasteiger partial charge in [-0.15, -0.1) is 0 Å². The van der Waals surface area contributed by atoms with Crippen molar-refractivity contribution in [1.82, 2.24) is 9.97 Å². The van der Waals surface area contributed by atoms with Gasteiger partial charge in [0, 0.05) is 18.6 Å². The van der Waals surface area contributed by atoms with Gasteiger partial charge in [0.15, 0.2) is 5.82 Å². The average Bonchev–Trinajstić information content (AvgIpc) is 2.49. The lowest BCUT2D eigenvalue weighted by atomic mass is 10.3. The van der Waals surface area contributed by atoms with Crippen LogP contribution in [-0.4, -0.2) is 17.0 Å². The van der Waals surface area contributed by atoms with E-state index in [1.807, 2.05) is 6.07 Å². The largest absolute Gasteiger partial charge is 0.375 e. The number of rotatable bonds is 1. The number of nitrogens with one attached hydrogen (secondary N) is 2. The third-order valence-electron chi connectivity index (χ3n) is 1.76. The Labute approximate surface area is 68.6 Å². The second kappa shape index (κ2) is 2.48. The maximum Gasteiger partial charge on any atom is 0.165 e. The lowest BCUT2D eigenvalue weighted by molar-refractivity contribution is 0.631. The first-order chi connectivity index (χ1) is 5.81.